The maximum absolute atomic E-state index is 12.8. The molecule has 1 aliphatic rings. The van der Waals surface area contributed by atoms with Crippen molar-refractivity contribution in [2.45, 2.75) is 52.0 Å². The van der Waals surface area contributed by atoms with Crippen molar-refractivity contribution >= 4 is 11.9 Å². The molecule has 2 atom stereocenters. The van der Waals surface area contributed by atoms with Gasteiger partial charge >= 0.3 is 5.97 Å². The molecular formula is C20H29NO5. The molecule has 1 aliphatic carbocycles. The molecule has 1 amide bonds. The highest BCUT2D eigenvalue weighted by Crippen LogP contribution is 2.39. The van der Waals surface area contributed by atoms with Gasteiger partial charge in [-0.15, -0.1) is 0 Å². The number of aliphatic carboxylic acids is 1. The van der Waals surface area contributed by atoms with Crippen LogP contribution in [0.4, 0.5) is 0 Å². The van der Waals surface area contributed by atoms with Gasteiger partial charge in [-0.3, -0.25) is 9.59 Å². The number of nitrogens with one attached hydrogen (secondary N) is 1. The van der Waals surface area contributed by atoms with Gasteiger partial charge in [-0.2, -0.15) is 0 Å². The third-order valence-electron chi connectivity index (χ3n) is 5.08. The van der Waals surface area contributed by atoms with E-state index in [1.807, 2.05) is 0 Å². The van der Waals surface area contributed by atoms with E-state index in [0.29, 0.717) is 17.1 Å². The van der Waals surface area contributed by atoms with Crippen molar-refractivity contribution in [1.82, 2.24) is 5.32 Å². The van der Waals surface area contributed by atoms with Gasteiger partial charge in [0.05, 0.1) is 26.7 Å². The van der Waals surface area contributed by atoms with E-state index < -0.39 is 12.0 Å². The fourth-order valence-electron chi connectivity index (χ4n) is 3.71. The summed E-state index contributed by atoms with van der Waals surface area (Å²) >= 11 is 0. The predicted octanol–water partition coefficient (Wildman–Crippen LogP) is 3.55. The second-order valence-corrected chi connectivity index (χ2v) is 7.73. The van der Waals surface area contributed by atoms with Crippen molar-refractivity contribution in [2.24, 2.45) is 11.3 Å². The summed E-state index contributed by atoms with van der Waals surface area (Å²) in [5.41, 5.74) is 0.833. The maximum Gasteiger partial charge on any atom is 0.305 e. The number of carboxylic acid groups (broad SMARTS) is 1. The number of amides is 1. The van der Waals surface area contributed by atoms with Crippen molar-refractivity contribution in [2.75, 3.05) is 14.2 Å². The Bertz CT molecular complexity index is 656. The molecule has 0 radical (unpaired) electrons. The molecule has 0 aliphatic heterocycles. The Morgan fingerprint density at radius 3 is 2.54 bits per heavy atom. The van der Waals surface area contributed by atoms with Gasteiger partial charge in [-0.25, -0.2) is 0 Å². The number of carbonyl (C=O) groups is 2. The molecule has 0 bridgehead atoms. The van der Waals surface area contributed by atoms with Crippen molar-refractivity contribution < 1.29 is 24.2 Å². The highest BCUT2D eigenvalue weighted by Gasteiger charge is 2.33. The van der Waals surface area contributed by atoms with Gasteiger partial charge in [0.25, 0.3) is 0 Å². The van der Waals surface area contributed by atoms with Crippen LogP contribution >= 0.6 is 0 Å². The Morgan fingerprint density at radius 1 is 1.27 bits per heavy atom. The minimum absolute atomic E-state index is 0.0705. The fourth-order valence-corrected chi connectivity index (χ4v) is 3.71. The lowest BCUT2D eigenvalue weighted by atomic mass is 9.72. The normalized spacial score (nSPS) is 20.1. The van der Waals surface area contributed by atoms with Gasteiger partial charge in [0.1, 0.15) is 0 Å². The molecule has 144 valence electrons. The van der Waals surface area contributed by atoms with Crippen LogP contribution in [0.2, 0.25) is 0 Å². The standard InChI is InChI=1S/C20H29NO5/c1-20(2)9-5-6-14(12-20)19(24)21-15(11-18(22)23)13-7-8-16(25-3)17(10-13)26-4/h7-8,10,14-15H,5-6,9,11-12H2,1-4H3,(H,21,24)(H,22,23). The van der Waals surface area contributed by atoms with Crippen LogP contribution in [0.3, 0.4) is 0 Å². The van der Waals surface area contributed by atoms with E-state index in [0.717, 1.165) is 25.7 Å². The second kappa shape index (κ2) is 8.43. The van der Waals surface area contributed by atoms with Crippen LogP contribution in [0.1, 0.15) is 57.6 Å². The van der Waals surface area contributed by atoms with Gasteiger partial charge in [0.2, 0.25) is 5.91 Å². The van der Waals surface area contributed by atoms with Crippen LogP contribution in [-0.2, 0) is 9.59 Å². The van der Waals surface area contributed by atoms with Gasteiger partial charge in [0, 0.05) is 5.92 Å². The first-order valence-electron chi connectivity index (χ1n) is 9.00. The van der Waals surface area contributed by atoms with Gasteiger partial charge in [-0.05, 0) is 42.4 Å². The summed E-state index contributed by atoms with van der Waals surface area (Å²) in [5, 5.41) is 12.2. The molecule has 0 saturated heterocycles. The van der Waals surface area contributed by atoms with Crippen LogP contribution < -0.4 is 14.8 Å². The zero-order valence-electron chi connectivity index (χ0n) is 16.0. The molecule has 1 aromatic carbocycles. The third-order valence-corrected chi connectivity index (χ3v) is 5.08. The average Bonchev–Trinajstić information content (AvgIpc) is 2.59. The largest absolute Gasteiger partial charge is 0.493 e. The molecular weight excluding hydrogens is 334 g/mol. The second-order valence-electron chi connectivity index (χ2n) is 7.73. The summed E-state index contributed by atoms with van der Waals surface area (Å²) in [5.74, 6) is -0.0397. The van der Waals surface area contributed by atoms with E-state index in [2.05, 4.69) is 19.2 Å². The summed E-state index contributed by atoms with van der Waals surface area (Å²) in [6, 6.07) is 4.60. The van der Waals surface area contributed by atoms with Gasteiger partial charge < -0.3 is 19.9 Å². The molecule has 0 aromatic heterocycles. The molecule has 1 saturated carbocycles. The van der Waals surface area contributed by atoms with E-state index in [9.17, 15) is 14.7 Å². The number of methoxy groups -OCH3 is 2. The summed E-state index contributed by atoms with van der Waals surface area (Å²) in [6.45, 7) is 4.35. The van der Waals surface area contributed by atoms with Gasteiger partial charge in [0.15, 0.2) is 11.5 Å². The number of carboxylic acids is 1. The Balaban J connectivity index is 2.19. The molecule has 2 unspecified atom stereocenters. The molecule has 6 heteroatoms. The average molecular weight is 363 g/mol. The molecule has 0 heterocycles. The summed E-state index contributed by atoms with van der Waals surface area (Å²) < 4.78 is 10.5. The quantitative estimate of drug-likeness (QED) is 0.774. The van der Waals surface area contributed by atoms with Crippen molar-refractivity contribution in [3.63, 3.8) is 0 Å². The summed E-state index contributed by atoms with van der Waals surface area (Å²) in [4.78, 5) is 24.1. The molecule has 1 fully saturated rings. The zero-order valence-corrected chi connectivity index (χ0v) is 16.0. The van der Waals surface area contributed by atoms with E-state index in [4.69, 9.17) is 9.47 Å². The zero-order chi connectivity index (χ0) is 19.3. The van der Waals surface area contributed by atoms with Crippen molar-refractivity contribution in [3.8, 4) is 11.5 Å². The monoisotopic (exact) mass is 363 g/mol. The molecule has 2 rings (SSSR count). The number of rotatable bonds is 7. The Kier molecular flexibility index (Phi) is 6.51. The summed E-state index contributed by atoms with van der Waals surface area (Å²) in [6.07, 6.45) is 3.62. The molecule has 0 spiro atoms. The van der Waals surface area contributed by atoms with Crippen molar-refractivity contribution in [1.29, 1.82) is 0 Å². The minimum atomic E-state index is -0.964. The molecule has 2 N–H and O–H groups in total. The highest BCUT2D eigenvalue weighted by molar-refractivity contribution is 5.80. The van der Waals surface area contributed by atoms with E-state index >= 15 is 0 Å². The van der Waals surface area contributed by atoms with E-state index in [1.54, 1.807) is 25.3 Å². The lowest BCUT2D eigenvalue weighted by molar-refractivity contribution is -0.138. The lowest BCUT2D eigenvalue weighted by Crippen LogP contribution is -2.38. The summed E-state index contributed by atoms with van der Waals surface area (Å²) in [7, 11) is 3.06. The Hall–Kier alpha value is -2.24. The van der Waals surface area contributed by atoms with Crippen molar-refractivity contribution in [3.05, 3.63) is 23.8 Å². The van der Waals surface area contributed by atoms with Crippen LogP contribution in [0.25, 0.3) is 0 Å². The number of hydrogen-bond donors (Lipinski definition) is 2. The van der Waals surface area contributed by atoms with Crippen LogP contribution in [-0.4, -0.2) is 31.2 Å². The lowest BCUT2D eigenvalue weighted by Gasteiger charge is -2.35. The smallest absolute Gasteiger partial charge is 0.305 e. The van der Waals surface area contributed by atoms with Crippen LogP contribution in [0.15, 0.2) is 18.2 Å². The number of hydrogen-bond acceptors (Lipinski definition) is 4. The number of carbonyl (C=O) groups excluding carboxylic acids is 1. The predicted molar refractivity (Wildman–Crippen MR) is 98.4 cm³/mol. The molecule has 26 heavy (non-hydrogen) atoms. The van der Waals surface area contributed by atoms with E-state index in [1.165, 1.54) is 7.11 Å². The molecule has 1 aromatic rings. The first-order valence-corrected chi connectivity index (χ1v) is 9.00. The third kappa shape index (κ3) is 5.13. The minimum Gasteiger partial charge on any atom is -0.493 e. The number of ether oxygens (including phenoxy) is 2. The first-order chi connectivity index (χ1) is 12.3. The number of benzene rings is 1. The topological polar surface area (TPSA) is 84.9 Å². The maximum atomic E-state index is 12.8. The van der Waals surface area contributed by atoms with Crippen LogP contribution in [0.5, 0.6) is 11.5 Å². The van der Waals surface area contributed by atoms with Gasteiger partial charge in [-0.1, -0.05) is 26.3 Å². The first kappa shape index (κ1) is 20.1. The Labute approximate surface area is 154 Å². The SMILES string of the molecule is COc1ccc(C(CC(=O)O)NC(=O)C2CCCC(C)(C)C2)cc1OC. The molecule has 6 nitrogen and oxygen atoms in total. The Morgan fingerprint density at radius 2 is 1.96 bits per heavy atom. The fraction of sp³-hybridized carbons (Fsp3) is 0.600. The highest BCUT2D eigenvalue weighted by atomic mass is 16.5. The van der Waals surface area contributed by atoms with Crippen LogP contribution in [0, 0.1) is 11.3 Å². The van der Waals surface area contributed by atoms with E-state index in [-0.39, 0.29) is 23.7 Å².